The van der Waals surface area contributed by atoms with Gasteiger partial charge in [-0.25, -0.2) is 9.97 Å². The fourth-order valence-electron chi connectivity index (χ4n) is 1.80. The molecule has 2 aromatic heterocycles. The van der Waals surface area contributed by atoms with Gasteiger partial charge in [-0.15, -0.1) is 11.3 Å². The Bertz CT molecular complexity index is 704. The molecule has 98 valence electrons. The Morgan fingerprint density at radius 1 is 1.32 bits per heavy atom. The lowest BCUT2D eigenvalue weighted by molar-refractivity contribution is 0.604. The predicted molar refractivity (Wildman–Crippen MR) is 83.4 cm³/mol. The van der Waals surface area contributed by atoms with E-state index in [0.29, 0.717) is 0 Å². The van der Waals surface area contributed by atoms with Gasteiger partial charge in [-0.2, -0.15) is 0 Å². The molecule has 3 aromatic rings. The van der Waals surface area contributed by atoms with Crippen LogP contribution in [0.4, 0.5) is 5.13 Å². The zero-order valence-electron chi connectivity index (χ0n) is 10.5. The topological polar surface area (TPSA) is 37.8 Å². The minimum Gasteiger partial charge on any atom is -0.350 e. The Morgan fingerprint density at radius 3 is 2.89 bits per heavy atom. The van der Waals surface area contributed by atoms with Crippen LogP contribution in [0.5, 0.6) is 0 Å². The quantitative estimate of drug-likeness (QED) is 0.758. The number of rotatable bonds is 3. The van der Waals surface area contributed by atoms with Crippen LogP contribution in [-0.4, -0.2) is 9.97 Å². The van der Waals surface area contributed by atoms with Crippen molar-refractivity contribution in [1.29, 1.82) is 0 Å². The average molecular weight is 310 g/mol. The molecule has 6 heteroatoms. The molecule has 2 heterocycles. The Hall–Kier alpha value is -1.17. The number of thiazole rings is 2. The molecule has 0 aliphatic carbocycles. The Labute approximate surface area is 124 Å². The second-order valence-electron chi connectivity index (χ2n) is 4.72. The summed E-state index contributed by atoms with van der Waals surface area (Å²) in [5.74, 6) is 0. The summed E-state index contributed by atoms with van der Waals surface area (Å²) in [7, 11) is 0. The molecule has 0 amide bonds. The Kier molecular flexibility index (Phi) is 3.20. The van der Waals surface area contributed by atoms with E-state index < -0.39 is 0 Å². The van der Waals surface area contributed by atoms with Crippen molar-refractivity contribution in [2.45, 2.75) is 19.4 Å². The number of benzene rings is 1. The third kappa shape index (κ3) is 2.59. The van der Waals surface area contributed by atoms with Gasteiger partial charge in [0.25, 0.3) is 0 Å². The predicted octanol–water partition coefficient (Wildman–Crippen LogP) is 4.75. The maximum atomic E-state index is 5.99. The van der Waals surface area contributed by atoms with Crippen molar-refractivity contribution < 1.29 is 0 Å². The first-order valence-electron chi connectivity index (χ1n) is 5.79. The normalized spacial score (nSPS) is 11.9. The summed E-state index contributed by atoms with van der Waals surface area (Å²) in [6.07, 6.45) is 1.82. The first-order valence-corrected chi connectivity index (χ1v) is 7.86. The van der Waals surface area contributed by atoms with Crippen molar-refractivity contribution in [3.8, 4) is 0 Å². The molecule has 0 atom stereocenters. The van der Waals surface area contributed by atoms with Crippen molar-refractivity contribution >= 4 is 49.6 Å². The van der Waals surface area contributed by atoms with E-state index >= 15 is 0 Å². The zero-order valence-corrected chi connectivity index (χ0v) is 12.9. The molecule has 0 saturated carbocycles. The standard InChI is InChI=1S/C13H12ClN3S2/c1-13(2,11-15-5-6-18-11)17-12-16-9-4-3-8(14)7-10(9)19-12/h3-7H,1-2H3,(H,16,17). The highest BCUT2D eigenvalue weighted by molar-refractivity contribution is 7.22. The number of aromatic nitrogens is 2. The van der Waals surface area contributed by atoms with Gasteiger partial charge in [0.2, 0.25) is 0 Å². The largest absolute Gasteiger partial charge is 0.350 e. The lowest BCUT2D eigenvalue weighted by Crippen LogP contribution is -2.27. The number of nitrogens with zero attached hydrogens (tertiary/aromatic N) is 2. The van der Waals surface area contributed by atoms with Crippen molar-refractivity contribution in [3.63, 3.8) is 0 Å². The summed E-state index contributed by atoms with van der Waals surface area (Å²) in [6.45, 7) is 4.20. The third-order valence-electron chi connectivity index (χ3n) is 2.74. The maximum Gasteiger partial charge on any atom is 0.184 e. The number of nitrogens with one attached hydrogen (secondary N) is 1. The van der Waals surface area contributed by atoms with E-state index in [4.69, 9.17) is 11.6 Å². The highest BCUT2D eigenvalue weighted by atomic mass is 35.5. The molecule has 0 unspecified atom stereocenters. The first-order chi connectivity index (χ1) is 9.04. The fourth-order valence-corrected chi connectivity index (χ4v) is 3.82. The van der Waals surface area contributed by atoms with Gasteiger partial charge >= 0.3 is 0 Å². The van der Waals surface area contributed by atoms with Gasteiger partial charge in [0.15, 0.2) is 5.13 Å². The van der Waals surface area contributed by atoms with Crippen LogP contribution in [0, 0.1) is 0 Å². The third-order valence-corrected chi connectivity index (χ3v) is 5.00. The van der Waals surface area contributed by atoms with Crippen molar-refractivity contribution in [2.75, 3.05) is 5.32 Å². The number of halogens is 1. The van der Waals surface area contributed by atoms with E-state index in [2.05, 4.69) is 29.1 Å². The average Bonchev–Trinajstić information content (AvgIpc) is 2.95. The van der Waals surface area contributed by atoms with E-state index in [0.717, 1.165) is 25.4 Å². The molecule has 0 fully saturated rings. The van der Waals surface area contributed by atoms with E-state index in [1.807, 2.05) is 29.8 Å². The van der Waals surface area contributed by atoms with Gasteiger partial charge in [-0.1, -0.05) is 22.9 Å². The molecule has 0 aliphatic rings. The van der Waals surface area contributed by atoms with Crippen LogP contribution >= 0.6 is 34.3 Å². The number of fused-ring (bicyclic) bond motifs is 1. The summed E-state index contributed by atoms with van der Waals surface area (Å²) in [5.41, 5.74) is 0.734. The molecule has 0 aliphatic heterocycles. The minimum absolute atomic E-state index is 0.230. The lowest BCUT2D eigenvalue weighted by Gasteiger charge is -2.23. The molecule has 1 aromatic carbocycles. The van der Waals surface area contributed by atoms with Gasteiger partial charge in [0.1, 0.15) is 5.01 Å². The van der Waals surface area contributed by atoms with Gasteiger partial charge in [0, 0.05) is 16.6 Å². The van der Waals surface area contributed by atoms with Crippen LogP contribution in [0.15, 0.2) is 29.8 Å². The van der Waals surface area contributed by atoms with Crippen LogP contribution in [0.1, 0.15) is 18.9 Å². The Morgan fingerprint density at radius 2 is 2.16 bits per heavy atom. The molecule has 0 radical (unpaired) electrons. The monoisotopic (exact) mass is 309 g/mol. The molecule has 0 saturated heterocycles. The first kappa shape index (κ1) is 12.8. The van der Waals surface area contributed by atoms with Crippen molar-refractivity contribution in [1.82, 2.24) is 9.97 Å². The van der Waals surface area contributed by atoms with Gasteiger partial charge < -0.3 is 5.32 Å². The minimum atomic E-state index is -0.230. The van der Waals surface area contributed by atoms with Crippen LogP contribution in [0.3, 0.4) is 0 Å². The van der Waals surface area contributed by atoms with Gasteiger partial charge in [-0.05, 0) is 32.0 Å². The SMILES string of the molecule is CC(C)(Nc1nc2ccc(Cl)cc2s1)c1nccs1. The lowest BCUT2D eigenvalue weighted by atomic mass is 10.1. The summed E-state index contributed by atoms with van der Waals surface area (Å²) in [6, 6.07) is 5.74. The van der Waals surface area contributed by atoms with Crippen LogP contribution < -0.4 is 5.32 Å². The number of anilines is 1. The molecule has 0 spiro atoms. The molecule has 0 bridgehead atoms. The maximum absolute atomic E-state index is 5.99. The molecular formula is C13H12ClN3S2. The molecule has 1 N–H and O–H groups in total. The number of hydrogen-bond donors (Lipinski definition) is 1. The molecule has 3 rings (SSSR count). The second kappa shape index (κ2) is 4.74. The van der Waals surface area contributed by atoms with Crippen molar-refractivity contribution in [2.24, 2.45) is 0 Å². The highest BCUT2D eigenvalue weighted by Crippen LogP contribution is 2.33. The zero-order chi connectivity index (χ0) is 13.5. The van der Waals surface area contributed by atoms with E-state index in [1.165, 1.54) is 0 Å². The van der Waals surface area contributed by atoms with Crippen LogP contribution in [0.2, 0.25) is 5.02 Å². The van der Waals surface area contributed by atoms with Crippen LogP contribution in [-0.2, 0) is 5.54 Å². The summed E-state index contributed by atoms with van der Waals surface area (Å²) in [5, 5.41) is 8.10. The second-order valence-corrected chi connectivity index (χ2v) is 7.08. The smallest absolute Gasteiger partial charge is 0.184 e. The van der Waals surface area contributed by atoms with Crippen LogP contribution in [0.25, 0.3) is 10.2 Å². The van der Waals surface area contributed by atoms with E-state index in [-0.39, 0.29) is 5.54 Å². The van der Waals surface area contributed by atoms with E-state index in [1.54, 1.807) is 22.7 Å². The summed E-state index contributed by atoms with van der Waals surface area (Å²) in [4.78, 5) is 8.94. The van der Waals surface area contributed by atoms with Gasteiger partial charge in [0.05, 0.1) is 15.8 Å². The van der Waals surface area contributed by atoms with E-state index in [9.17, 15) is 0 Å². The molecule has 19 heavy (non-hydrogen) atoms. The fraction of sp³-hybridized carbons (Fsp3) is 0.231. The number of hydrogen-bond acceptors (Lipinski definition) is 5. The molecular weight excluding hydrogens is 298 g/mol. The van der Waals surface area contributed by atoms with Gasteiger partial charge in [-0.3, -0.25) is 0 Å². The molecule has 3 nitrogen and oxygen atoms in total. The summed E-state index contributed by atoms with van der Waals surface area (Å²) >= 11 is 9.24. The van der Waals surface area contributed by atoms with Crippen molar-refractivity contribution in [3.05, 3.63) is 39.8 Å². The summed E-state index contributed by atoms with van der Waals surface area (Å²) < 4.78 is 1.09. The Balaban J connectivity index is 1.93. The highest BCUT2D eigenvalue weighted by Gasteiger charge is 2.24.